The smallest absolute Gasteiger partial charge is 0.0926 e. The molecule has 0 aliphatic heterocycles. The molecule has 0 saturated carbocycles. The second kappa shape index (κ2) is 4.39. The fraction of sp³-hybridized carbons (Fsp3) is 0.500. The molecule has 0 atom stereocenters. The molecule has 82 valence electrons. The summed E-state index contributed by atoms with van der Waals surface area (Å²) in [7, 11) is 9.05. The molecule has 0 aliphatic rings. The monoisotopic (exact) mass is 210 g/mol. The minimum absolute atomic E-state index is 0.365. The summed E-state index contributed by atoms with van der Waals surface area (Å²) in [6.45, 7) is 9.19. The molecule has 0 radical (unpaired) electrons. The van der Waals surface area contributed by atoms with E-state index >= 15 is 0 Å². The van der Waals surface area contributed by atoms with Crippen molar-refractivity contribution in [3.8, 4) is 0 Å². The normalized spacial score (nSPS) is 11.8. The van der Waals surface area contributed by atoms with E-state index in [0.29, 0.717) is 5.41 Å². The molecule has 0 spiro atoms. The SMILES string of the molecule is Bc1c(B)c(CC(C)(C)C)c(B)c(B)c1C. The third kappa shape index (κ3) is 2.59. The average molecular weight is 210 g/mol. The number of hydrogen-bond acceptors (Lipinski definition) is 0. The Kier molecular flexibility index (Phi) is 3.72. The molecule has 0 saturated heterocycles. The van der Waals surface area contributed by atoms with Gasteiger partial charge in [-0.05, 0) is 18.8 Å². The van der Waals surface area contributed by atoms with Crippen molar-refractivity contribution in [2.24, 2.45) is 5.41 Å². The molecule has 0 amide bonds. The van der Waals surface area contributed by atoms with Crippen molar-refractivity contribution in [1.29, 1.82) is 0 Å². The van der Waals surface area contributed by atoms with Gasteiger partial charge in [0.05, 0.1) is 0 Å². The van der Waals surface area contributed by atoms with Gasteiger partial charge in [0, 0.05) is 0 Å². The predicted molar refractivity (Wildman–Crippen MR) is 87.1 cm³/mol. The van der Waals surface area contributed by atoms with Gasteiger partial charge in [0.15, 0.2) is 0 Å². The molecular weight excluding hydrogens is 187 g/mol. The lowest BCUT2D eigenvalue weighted by Gasteiger charge is -2.25. The van der Waals surface area contributed by atoms with Crippen molar-refractivity contribution in [1.82, 2.24) is 0 Å². The zero-order valence-electron chi connectivity index (χ0n) is 12.2. The standard InChI is InChI=1S/C12H22B4/c1-6-8(13)10(15)7(5-12(2,3)4)11(16)9(6)14/h5,13-16H2,1-4H3. The summed E-state index contributed by atoms with van der Waals surface area (Å²) in [6.07, 6.45) is 1.17. The number of benzene rings is 1. The van der Waals surface area contributed by atoms with E-state index in [9.17, 15) is 0 Å². The van der Waals surface area contributed by atoms with E-state index in [1.807, 2.05) is 0 Å². The number of rotatable bonds is 1. The summed E-state index contributed by atoms with van der Waals surface area (Å²) in [6, 6.07) is 0. The summed E-state index contributed by atoms with van der Waals surface area (Å²) < 4.78 is 0. The van der Waals surface area contributed by atoms with Crippen LogP contribution in [0.2, 0.25) is 0 Å². The van der Waals surface area contributed by atoms with Crippen LogP contribution in [0.15, 0.2) is 0 Å². The predicted octanol–water partition coefficient (Wildman–Crippen LogP) is -3.38. The molecule has 16 heavy (non-hydrogen) atoms. The van der Waals surface area contributed by atoms with Gasteiger partial charge in [-0.2, -0.15) is 0 Å². The quantitative estimate of drug-likeness (QED) is 0.424. The molecule has 0 aliphatic carbocycles. The third-order valence-electron chi connectivity index (χ3n) is 3.86. The molecule has 0 bridgehead atoms. The van der Waals surface area contributed by atoms with Crippen LogP contribution in [0.5, 0.6) is 0 Å². The van der Waals surface area contributed by atoms with Crippen LogP contribution in [-0.2, 0) is 6.42 Å². The van der Waals surface area contributed by atoms with Gasteiger partial charge in [-0.25, -0.2) is 0 Å². The van der Waals surface area contributed by atoms with Gasteiger partial charge in [-0.1, -0.05) is 53.7 Å². The largest absolute Gasteiger partial charge is 0.138 e. The highest BCUT2D eigenvalue weighted by Crippen LogP contribution is 2.17. The van der Waals surface area contributed by atoms with Gasteiger partial charge in [0.25, 0.3) is 0 Å². The topological polar surface area (TPSA) is 0 Å². The van der Waals surface area contributed by atoms with Crippen LogP contribution in [0.3, 0.4) is 0 Å². The van der Waals surface area contributed by atoms with Crippen molar-refractivity contribution in [3.63, 3.8) is 0 Å². The maximum absolute atomic E-state index is 2.32. The summed E-state index contributed by atoms with van der Waals surface area (Å²) in [5.74, 6) is 0. The van der Waals surface area contributed by atoms with E-state index in [1.54, 1.807) is 5.56 Å². The van der Waals surface area contributed by atoms with E-state index in [4.69, 9.17) is 0 Å². The minimum Gasteiger partial charge on any atom is -0.0926 e. The Balaban J connectivity index is 3.40. The Bertz CT molecular complexity index is 387. The van der Waals surface area contributed by atoms with Crippen LogP contribution < -0.4 is 21.9 Å². The van der Waals surface area contributed by atoms with Gasteiger partial charge >= 0.3 is 0 Å². The maximum Gasteiger partial charge on any atom is 0.138 e. The first kappa shape index (κ1) is 13.5. The minimum atomic E-state index is 0.365. The second-order valence-electron chi connectivity index (χ2n) is 6.34. The Labute approximate surface area is 104 Å². The summed E-state index contributed by atoms with van der Waals surface area (Å²) in [4.78, 5) is 0. The summed E-state index contributed by atoms with van der Waals surface area (Å²) in [5, 5.41) is 0. The Morgan fingerprint density at radius 2 is 1.19 bits per heavy atom. The zero-order chi connectivity index (χ0) is 12.7. The van der Waals surface area contributed by atoms with Crippen LogP contribution in [0, 0.1) is 12.3 Å². The molecule has 0 unspecified atom stereocenters. The highest BCUT2D eigenvalue weighted by Gasteiger charge is 2.17. The Morgan fingerprint density at radius 3 is 1.50 bits per heavy atom. The Hall–Kier alpha value is -0.520. The fourth-order valence-electron chi connectivity index (χ4n) is 2.37. The molecular formula is C12H22B4. The Morgan fingerprint density at radius 1 is 0.812 bits per heavy atom. The molecule has 0 aromatic heterocycles. The van der Waals surface area contributed by atoms with E-state index < -0.39 is 0 Å². The van der Waals surface area contributed by atoms with Crippen molar-refractivity contribution < 1.29 is 0 Å². The summed E-state index contributed by atoms with van der Waals surface area (Å²) >= 11 is 0. The van der Waals surface area contributed by atoms with Crippen LogP contribution in [-0.4, -0.2) is 31.4 Å². The van der Waals surface area contributed by atoms with E-state index in [1.165, 1.54) is 33.8 Å². The fourth-order valence-corrected chi connectivity index (χ4v) is 2.37. The lowest BCUT2D eigenvalue weighted by Crippen LogP contribution is -2.47. The molecule has 0 nitrogen and oxygen atoms in total. The molecule has 1 aromatic rings. The molecule has 0 N–H and O–H groups in total. The van der Waals surface area contributed by atoms with Crippen molar-refractivity contribution in [2.45, 2.75) is 34.1 Å². The van der Waals surface area contributed by atoms with E-state index in [2.05, 4.69) is 59.1 Å². The molecule has 1 rings (SSSR count). The lowest BCUT2D eigenvalue weighted by molar-refractivity contribution is 0.413. The van der Waals surface area contributed by atoms with Crippen molar-refractivity contribution in [2.75, 3.05) is 0 Å². The van der Waals surface area contributed by atoms with E-state index in [-0.39, 0.29) is 0 Å². The second-order valence-corrected chi connectivity index (χ2v) is 6.34. The number of hydrogen-bond donors (Lipinski definition) is 0. The first-order chi connectivity index (χ1) is 7.15. The van der Waals surface area contributed by atoms with Crippen LogP contribution in [0.4, 0.5) is 0 Å². The summed E-state index contributed by atoms with van der Waals surface area (Å²) in [5.41, 5.74) is 9.33. The zero-order valence-corrected chi connectivity index (χ0v) is 12.2. The first-order valence-corrected chi connectivity index (χ1v) is 6.21. The van der Waals surface area contributed by atoms with Crippen molar-refractivity contribution in [3.05, 3.63) is 11.1 Å². The van der Waals surface area contributed by atoms with Gasteiger partial charge in [0.1, 0.15) is 31.4 Å². The van der Waals surface area contributed by atoms with Crippen LogP contribution in [0.1, 0.15) is 31.9 Å². The molecule has 0 heterocycles. The van der Waals surface area contributed by atoms with Crippen LogP contribution >= 0.6 is 0 Å². The van der Waals surface area contributed by atoms with Crippen LogP contribution in [0.25, 0.3) is 0 Å². The van der Waals surface area contributed by atoms with Crippen molar-refractivity contribution >= 4 is 53.2 Å². The third-order valence-corrected chi connectivity index (χ3v) is 3.86. The van der Waals surface area contributed by atoms with Gasteiger partial charge in [-0.3, -0.25) is 0 Å². The lowest BCUT2D eigenvalue weighted by atomic mass is 9.63. The van der Waals surface area contributed by atoms with Gasteiger partial charge < -0.3 is 0 Å². The highest BCUT2D eigenvalue weighted by atomic mass is 14.2. The average Bonchev–Trinajstić information content (AvgIpc) is 2.17. The van der Waals surface area contributed by atoms with E-state index in [0.717, 1.165) is 0 Å². The molecule has 0 fully saturated rings. The highest BCUT2D eigenvalue weighted by molar-refractivity contribution is 6.57. The maximum atomic E-state index is 2.32. The molecule has 4 heteroatoms. The van der Waals surface area contributed by atoms with Gasteiger partial charge in [0.2, 0.25) is 0 Å². The molecule has 1 aromatic carbocycles. The van der Waals surface area contributed by atoms with Gasteiger partial charge in [-0.15, -0.1) is 0 Å². The first-order valence-electron chi connectivity index (χ1n) is 6.21.